The van der Waals surface area contributed by atoms with Crippen LogP contribution in [0.25, 0.3) is 0 Å². The predicted molar refractivity (Wildman–Crippen MR) is 540 cm³/mol. The largest absolute Gasteiger partial charge is 0.449 e. The second-order valence-corrected chi connectivity index (χ2v) is 36.8. The van der Waals surface area contributed by atoms with Gasteiger partial charge < -0.3 is 101 Å². The first-order valence-electron chi connectivity index (χ1n) is 46.5. The monoisotopic (exact) mass is 1960 g/mol. The summed E-state index contributed by atoms with van der Waals surface area (Å²) in [6.07, 6.45) is 18.4. The number of ketones is 1. The second kappa shape index (κ2) is 73.4. The van der Waals surface area contributed by atoms with Gasteiger partial charge in [-0.2, -0.15) is 0 Å². The van der Waals surface area contributed by atoms with Gasteiger partial charge in [-0.25, -0.2) is 38.4 Å². The Balaban J connectivity index is 0. The molecule has 33 heteroatoms. The number of amides is 7. The van der Waals surface area contributed by atoms with Gasteiger partial charge in [0.2, 0.25) is 0 Å². The summed E-state index contributed by atoms with van der Waals surface area (Å²) >= 11 is 4.97. The molecule has 0 saturated heterocycles. The summed E-state index contributed by atoms with van der Waals surface area (Å²) in [5.41, 5.74) is 19.2. The van der Waals surface area contributed by atoms with Gasteiger partial charge in [-0.05, 0) is 229 Å². The average Bonchev–Trinajstić information content (AvgIpc) is 0.867. The van der Waals surface area contributed by atoms with Crippen molar-refractivity contribution >= 4 is 103 Å². The summed E-state index contributed by atoms with van der Waals surface area (Å²) in [7, 11) is 1.00. The Morgan fingerprint density at radius 2 is 0.619 bits per heavy atom. The lowest BCUT2D eigenvalue weighted by Crippen LogP contribution is -2.46. The van der Waals surface area contributed by atoms with Crippen LogP contribution < -0.4 is 43.8 Å². The molecule has 0 atom stereocenters. The Labute approximate surface area is 824 Å². The average molecular weight is 1960 g/mol. The highest BCUT2D eigenvalue weighted by molar-refractivity contribution is 6.61. The number of rotatable bonds is 27. The quantitative estimate of drug-likeness (QED) is 0.0134. The smallest absolute Gasteiger partial charge is 0.410 e. The van der Waals surface area contributed by atoms with Gasteiger partial charge in [0.05, 0.1) is 0 Å². The molecule has 5 aliphatic carbocycles. The molecule has 0 radical (unpaired) electrons. The fourth-order valence-electron chi connectivity index (χ4n) is 14.6. The molecule has 7 amide bonds. The van der Waals surface area contributed by atoms with Crippen molar-refractivity contribution in [2.45, 2.75) is 306 Å². The Morgan fingerprint density at radius 3 is 0.903 bits per heavy atom. The van der Waals surface area contributed by atoms with Gasteiger partial charge in [0.15, 0.2) is 0 Å². The van der Waals surface area contributed by atoms with Crippen LogP contribution in [0, 0.1) is 23.7 Å². The minimum Gasteiger partial charge on any atom is -0.449 e. The zero-order chi connectivity index (χ0) is 96.1. The van der Waals surface area contributed by atoms with E-state index in [2.05, 4.69) is 59.0 Å². The molecule has 5 fully saturated rings. The number of aliphatic hydroxyl groups is 1. The molecule has 0 aliphatic heterocycles. The van der Waals surface area contributed by atoms with Gasteiger partial charge >= 0.3 is 48.1 Å². The molecule has 10 rings (SSSR count). The molecule has 29 nitrogen and oxygen atoms in total. The Bertz CT molecular complexity index is 3800. The number of ether oxygens (including phenoxy) is 8. The number of aliphatic hydroxyl groups excluding tert-OH is 1. The van der Waals surface area contributed by atoms with Crippen LogP contribution in [0.5, 0.6) is 0 Å². The SMILES string of the molecule is C.CC(C)(C)OC(=O)NCCN.CC1CCC(N(CCN)C(=O)OCc2ccccc2)CC1.CC1CCC(N(CCN)C(=O)OCc2ccccc2)CC1.CC1CCC(N(CCNC(=O)OC(C)(C)C)C(=O)OCc2ccccc2)CC1.CC1CCC(NCCNC(=O)OC(C)(C)C)CC1.CO.Cl.Cl.Cl.O=C(Cl)OCc1ccccc1.O=C1CCC(NC(=O)OCc2ccccc2)CC1. The molecule has 12 N–H and O–H groups in total. The molecule has 0 heterocycles. The van der Waals surface area contributed by atoms with Crippen LogP contribution in [-0.4, -0.2) is 193 Å². The van der Waals surface area contributed by atoms with Gasteiger partial charge in [0.25, 0.3) is 0 Å². The topological polar surface area (TPSA) is 396 Å². The second-order valence-electron chi connectivity index (χ2n) is 36.5. The zero-order valence-electron chi connectivity index (χ0n) is 81.4. The Morgan fingerprint density at radius 1 is 0.351 bits per heavy atom. The van der Waals surface area contributed by atoms with Crippen molar-refractivity contribution in [2.24, 2.45) is 40.9 Å². The molecule has 5 aliphatic rings. The number of nitrogens with zero attached hydrogens (tertiary/aromatic N) is 3. The molecule has 134 heavy (non-hydrogen) atoms. The number of nitrogens with two attached hydrogens (primary N) is 3. The minimum atomic E-state index is -0.770. The van der Waals surface area contributed by atoms with E-state index in [1.807, 2.05) is 224 Å². The number of carbonyl (C=O) groups is 9. The summed E-state index contributed by atoms with van der Waals surface area (Å²) < 4.78 is 41.5. The van der Waals surface area contributed by atoms with E-state index in [9.17, 15) is 43.2 Å². The van der Waals surface area contributed by atoms with Gasteiger partial charge in [-0.3, -0.25) is 4.79 Å². The van der Waals surface area contributed by atoms with Crippen LogP contribution in [-0.2, 0) is 75.7 Å². The molecule has 0 spiro atoms. The summed E-state index contributed by atoms with van der Waals surface area (Å²) in [4.78, 5) is 110. The molecule has 0 bridgehead atoms. The summed E-state index contributed by atoms with van der Waals surface area (Å²) in [5, 5.41) is 21.3. The maximum absolute atomic E-state index is 12.8. The van der Waals surface area contributed by atoms with Crippen molar-refractivity contribution < 1.29 is 86.2 Å². The van der Waals surface area contributed by atoms with E-state index in [1.165, 1.54) is 51.4 Å². The molecular weight excluding hydrogens is 1800 g/mol. The number of hydrogen-bond donors (Lipinski definition) is 9. The fourth-order valence-corrected chi connectivity index (χ4v) is 14.7. The molecule has 5 aromatic rings. The number of benzene rings is 5. The van der Waals surface area contributed by atoms with Gasteiger partial charge in [-0.15, -0.1) is 37.2 Å². The van der Waals surface area contributed by atoms with E-state index in [1.54, 1.807) is 4.90 Å². The standard InChI is InChI=1S/C22H34N2O4.2C17H26N2O2.C14H28N2O2.C14H17NO3.C8H7ClO2.C7H16N2O2.CH4O.CH4.3ClH/c1-17-10-12-19(13-11-17)24(15-14-23-20(25)28-22(2,3)4)21(26)27-16-18-8-6-5-7-9-18;2*1-14-7-9-16(10-8-14)19(12-11-18)17(20)21-13-15-5-3-2-4-6-15;1-11-5-7-12(8-6-11)15-9-10-16-13(17)18-14(2,3)4;16-13-8-6-12(7-9-13)15-14(17)18-10-11-4-2-1-3-5-11;9-8(10)11-6-7-4-2-1-3-5-7;1-7(2,3)11-6(10)9-5-4-8;1-2;;;;/h5-9,17,19H,10-16H2,1-4H3,(H,23,25);2*2-6,14,16H,7-13,18H2,1H3;11-12,15H,5-10H2,1-4H3,(H,16,17);1-5,12H,6-10H2,(H,15,17);1-5H,6H2;4-5,8H2,1-3H3,(H,9,10);2H,1H3;1H4;3*1H. The number of nitrogens with one attached hydrogen (secondary N) is 5. The third-order valence-corrected chi connectivity index (χ3v) is 21.8. The van der Waals surface area contributed by atoms with Crippen molar-refractivity contribution in [3.63, 3.8) is 0 Å². The lowest BCUT2D eigenvalue weighted by molar-refractivity contribution is -0.120. The molecule has 5 saturated carbocycles. The summed E-state index contributed by atoms with van der Waals surface area (Å²) in [6, 6.07) is 49.5. The van der Waals surface area contributed by atoms with Crippen molar-refractivity contribution in [1.29, 1.82) is 0 Å². The minimum absolute atomic E-state index is 0. The number of Topliss-reactive ketones (excluding diaryl/α,β-unsaturated/α-hetero) is 1. The third-order valence-electron chi connectivity index (χ3n) is 21.7. The van der Waals surface area contributed by atoms with Crippen molar-refractivity contribution in [3.8, 4) is 0 Å². The molecule has 760 valence electrons. The van der Waals surface area contributed by atoms with Crippen LogP contribution in [0.15, 0.2) is 152 Å². The number of halogens is 4. The zero-order valence-corrected chi connectivity index (χ0v) is 84.6. The first-order valence-corrected chi connectivity index (χ1v) is 46.8. The van der Waals surface area contributed by atoms with E-state index >= 15 is 0 Å². The van der Waals surface area contributed by atoms with Crippen molar-refractivity contribution in [2.75, 3.05) is 72.6 Å². The van der Waals surface area contributed by atoms with E-state index in [0.29, 0.717) is 96.9 Å². The maximum atomic E-state index is 12.8. The molecule has 0 unspecified atom stereocenters. The predicted octanol–water partition coefficient (Wildman–Crippen LogP) is 20.7. The maximum Gasteiger partial charge on any atom is 0.410 e. The van der Waals surface area contributed by atoms with Crippen LogP contribution in [0.4, 0.5) is 38.4 Å². The molecule has 5 aromatic carbocycles. The van der Waals surface area contributed by atoms with Gasteiger partial charge in [-0.1, -0.05) is 187 Å². The van der Waals surface area contributed by atoms with Crippen LogP contribution in [0.2, 0.25) is 0 Å². The highest BCUT2D eigenvalue weighted by Crippen LogP contribution is 2.31. The van der Waals surface area contributed by atoms with Gasteiger partial charge in [0, 0.05) is 127 Å². The number of alkyl carbamates (subject to hydrolysis) is 4. The van der Waals surface area contributed by atoms with Gasteiger partial charge in [0.1, 0.15) is 55.6 Å². The normalized spacial score (nSPS) is 18.1. The van der Waals surface area contributed by atoms with Crippen LogP contribution >= 0.6 is 48.8 Å². The lowest BCUT2D eigenvalue weighted by Gasteiger charge is -2.35. The first kappa shape index (κ1) is 127. The first-order chi connectivity index (χ1) is 62.0. The van der Waals surface area contributed by atoms with E-state index in [4.69, 9.17) is 67.1 Å². The van der Waals surface area contributed by atoms with E-state index in [0.717, 1.165) is 123 Å². The van der Waals surface area contributed by atoms with E-state index in [-0.39, 0.29) is 119 Å². The molecule has 0 aromatic heterocycles. The third kappa shape index (κ3) is 62.0. The highest BCUT2D eigenvalue weighted by atomic mass is 35.5. The molecular formula is C101H165Cl4N11O18. The van der Waals surface area contributed by atoms with Crippen LogP contribution in [0.3, 0.4) is 0 Å². The summed E-state index contributed by atoms with van der Waals surface area (Å²) in [6.45, 7) is 32.2. The van der Waals surface area contributed by atoms with Crippen LogP contribution in [0.1, 0.15) is 254 Å². The summed E-state index contributed by atoms with van der Waals surface area (Å²) in [5.74, 6) is 3.38. The Hall–Kier alpha value is -8.91. The number of hydrogen-bond acceptors (Lipinski definition) is 22. The highest BCUT2D eigenvalue weighted by Gasteiger charge is 2.33. The Kier molecular flexibility index (Phi) is 69.6. The van der Waals surface area contributed by atoms with E-state index < -0.39 is 40.5 Å². The lowest BCUT2D eigenvalue weighted by atomic mass is 9.86. The van der Waals surface area contributed by atoms with Crippen molar-refractivity contribution in [1.82, 2.24) is 41.3 Å². The number of carbonyl (C=O) groups excluding carboxylic acids is 9. The van der Waals surface area contributed by atoms with Crippen molar-refractivity contribution in [3.05, 3.63) is 179 Å². The fraction of sp³-hybridized carbons (Fsp3) is 0.614.